The van der Waals surface area contributed by atoms with Gasteiger partial charge in [0.1, 0.15) is 11.9 Å². The van der Waals surface area contributed by atoms with E-state index < -0.39 is 23.4 Å². The third-order valence-electron chi connectivity index (χ3n) is 3.06. The first kappa shape index (κ1) is 16.5. The van der Waals surface area contributed by atoms with Crippen LogP contribution in [0.3, 0.4) is 0 Å². The number of rotatable bonds is 5. The fraction of sp³-hybridized carbons (Fsp3) is 0.0667. The smallest absolute Gasteiger partial charge is 0.357 e. The van der Waals surface area contributed by atoms with E-state index in [4.69, 9.17) is 4.74 Å². The summed E-state index contributed by atoms with van der Waals surface area (Å²) < 4.78 is 4.89. The summed E-state index contributed by atoms with van der Waals surface area (Å²) in [6.07, 6.45) is 1.03. The minimum Gasteiger partial charge on any atom is -0.451 e. The number of hydrogen-bond donors (Lipinski definition) is 1. The fourth-order valence-corrected chi connectivity index (χ4v) is 2.60. The van der Waals surface area contributed by atoms with Crippen molar-refractivity contribution in [2.45, 2.75) is 0 Å². The summed E-state index contributed by atoms with van der Waals surface area (Å²) in [5, 5.41) is 13.6. The lowest BCUT2D eigenvalue weighted by Crippen LogP contribution is -2.21. The van der Waals surface area contributed by atoms with E-state index in [9.17, 15) is 19.7 Å². The molecule has 0 bridgehead atoms. The van der Waals surface area contributed by atoms with Gasteiger partial charge in [-0.25, -0.2) is 14.8 Å². The van der Waals surface area contributed by atoms with Gasteiger partial charge in [0.2, 0.25) is 0 Å². The number of aromatic nitrogens is 2. The number of amides is 1. The van der Waals surface area contributed by atoms with Crippen molar-refractivity contribution in [3.63, 3.8) is 0 Å². The molecule has 2 heterocycles. The fourth-order valence-electron chi connectivity index (χ4n) is 1.95. The van der Waals surface area contributed by atoms with Gasteiger partial charge < -0.3 is 4.74 Å². The van der Waals surface area contributed by atoms with Gasteiger partial charge in [-0.1, -0.05) is 24.3 Å². The monoisotopic (exact) mass is 358 g/mol. The van der Waals surface area contributed by atoms with Crippen molar-refractivity contribution in [2.24, 2.45) is 0 Å². The van der Waals surface area contributed by atoms with E-state index in [0.29, 0.717) is 16.9 Å². The Kier molecular flexibility index (Phi) is 4.61. The van der Waals surface area contributed by atoms with Gasteiger partial charge in [-0.2, -0.15) is 0 Å². The van der Waals surface area contributed by atoms with Gasteiger partial charge in [0.15, 0.2) is 11.7 Å². The number of para-hydroxylation sites is 1. The van der Waals surface area contributed by atoms with Crippen molar-refractivity contribution < 1.29 is 19.2 Å². The van der Waals surface area contributed by atoms with Crippen LogP contribution in [0.15, 0.2) is 42.6 Å². The maximum absolute atomic E-state index is 12.0. The zero-order valence-electron chi connectivity index (χ0n) is 12.5. The van der Waals surface area contributed by atoms with Gasteiger partial charge in [0.25, 0.3) is 5.91 Å². The molecule has 25 heavy (non-hydrogen) atoms. The molecular formula is C15H10N4O5S. The minimum absolute atomic E-state index is 0.0524. The van der Waals surface area contributed by atoms with E-state index in [-0.39, 0.29) is 15.8 Å². The zero-order valence-corrected chi connectivity index (χ0v) is 13.4. The average Bonchev–Trinajstić information content (AvgIpc) is 3.08. The second-order valence-electron chi connectivity index (χ2n) is 4.77. The summed E-state index contributed by atoms with van der Waals surface area (Å²) in [4.78, 5) is 41.5. The number of nitro groups is 1. The van der Waals surface area contributed by atoms with Gasteiger partial charge in [0.05, 0.1) is 10.4 Å². The van der Waals surface area contributed by atoms with E-state index in [1.165, 1.54) is 6.07 Å². The molecule has 0 saturated carbocycles. The third kappa shape index (κ3) is 3.93. The summed E-state index contributed by atoms with van der Waals surface area (Å²) in [5.74, 6) is -1.40. The summed E-state index contributed by atoms with van der Waals surface area (Å²) in [5.41, 5.74) is 0.716. The summed E-state index contributed by atoms with van der Waals surface area (Å²) in [6.45, 7) is -0.555. The number of thiazole rings is 1. The van der Waals surface area contributed by atoms with E-state index in [1.807, 2.05) is 12.1 Å². The van der Waals surface area contributed by atoms with Crippen molar-refractivity contribution >= 4 is 44.2 Å². The van der Waals surface area contributed by atoms with Gasteiger partial charge in [0, 0.05) is 5.39 Å². The molecule has 0 saturated heterocycles. The molecule has 3 aromatic rings. The Morgan fingerprint density at radius 1 is 1.24 bits per heavy atom. The lowest BCUT2D eigenvalue weighted by Gasteiger charge is -2.05. The van der Waals surface area contributed by atoms with E-state index in [1.54, 1.807) is 18.2 Å². The Morgan fingerprint density at radius 2 is 2.04 bits per heavy atom. The molecule has 126 valence electrons. The Balaban J connectivity index is 1.58. The SMILES string of the molecule is O=C(COC(=O)c1ccc2ccccc2n1)Nc1ncc([N+](=O)[O-])s1. The molecule has 1 N–H and O–H groups in total. The topological polar surface area (TPSA) is 124 Å². The normalized spacial score (nSPS) is 10.4. The third-order valence-corrected chi connectivity index (χ3v) is 3.93. The molecule has 10 heteroatoms. The molecule has 0 radical (unpaired) electrons. The zero-order chi connectivity index (χ0) is 17.8. The standard InChI is InChI=1S/C15H10N4O5S/c20-12(18-15-16-7-13(25-15)19(22)23)8-24-14(21)11-6-5-9-3-1-2-4-10(9)17-11/h1-7H,8H2,(H,16,18,20). The van der Waals surface area contributed by atoms with Crippen LogP contribution >= 0.6 is 11.3 Å². The molecule has 2 aromatic heterocycles. The molecule has 9 nitrogen and oxygen atoms in total. The Labute approximate surface area is 144 Å². The number of esters is 1. The second-order valence-corrected chi connectivity index (χ2v) is 5.78. The molecule has 0 aliphatic heterocycles. The molecule has 0 aliphatic rings. The molecule has 0 unspecified atom stereocenters. The Hall–Kier alpha value is -3.40. The predicted molar refractivity (Wildman–Crippen MR) is 89.4 cm³/mol. The minimum atomic E-state index is -0.744. The number of nitrogens with one attached hydrogen (secondary N) is 1. The molecule has 0 fully saturated rings. The van der Waals surface area contributed by atoms with Crippen LogP contribution in [0.25, 0.3) is 10.9 Å². The second kappa shape index (κ2) is 7.01. The average molecular weight is 358 g/mol. The van der Waals surface area contributed by atoms with Crippen molar-refractivity contribution in [3.05, 3.63) is 58.4 Å². The van der Waals surface area contributed by atoms with Crippen LogP contribution in [0.2, 0.25) is 0 Å². The maximum atomic E-state index is 12.0. The number of pyridine rings is 1. The maximum Gasteiger partial charge on any atom is 0.357 e. The van der Waals surface area contributed by atoms with E-state index in [2.05, 4.69) is 15.3 Å². The number of fused-ring (bicyclic) bond motifs is 1. The first-order valence-electron chi connectivity index (χ1n) is 6.96. The molecule has 1 aromatic carbocycles. The summed E-state index contributed by atoms with van der Waals surface area (Å²) in [6, 6.07) is 10.5. The largest absolute Gasteiger partial charge is 0.451 e. The first-order valence-corrected chi connectivity index (χ1v) is 7.77. The van der Waals surface area contributed by atoms with Crippen LogP contribution in [-0.2, 0) is 9.53 Å². The van der Waals surface area contributed by atoms with E-state index >= 15 is 0 Å². The highest BCUT2D eigenvalue weighted by molar-refractivity contribution is 7.18. The number of carbonyl (C=O) groups is 2. The Morgan fingerprint density at radius 3 is 2.80 bits per heavy atom. The molecule has 0 aliphatic carbocycles. The summed E-state index contributed by atoms with van der Waals surface area (Å²) >= 11 is 0.706. The number of hydrogen-bond acceptors (Lipinski definition) is 8. The predicted octanol–water partition coefficient (Wildman–Crippen LogP) is 2.39. The van der Waals surface area contributed by atoms with Crippen molar-refractivity contribution in [1.82, 2.24) is 9.97 Å². The number of carbonyl (C=O) groups excluding carboxylic acids is 2. The van der Waals surface area contributed by atoms with Crippen LogP contribution < -0.4 is 5.32 Å². The van der Waals surface area contributed by atoms with Gasteiger partial charge in [-0.3, -0.25) is 20.2 Å². The van der Waals surface area contributed by atoms with Crippen LogP contribution in [0.1, 0.15) is 10.5 Å². The quantitative estimate of drug-likeness (QED) is 0.422. The molecule has 0 atom stereocenters. The van der Waals surface area contributed by atoms with E-state index in [0.717, 1.165) is 11.6 Å². The molecule has 0 spiro atoms. The van der Waals surface area contributed by atoms with Crippen LogP contribution in [0.4, 0.5) is 10.1 Å². The van der Waals surface area contributed by atoms with Crippen molar-refractivity contribution in [2.75, 3.05) is 11.9 Å². The highest BCUT2D eigenvalue weighted by Crippen LogP contribution is 2.24. The summed E-state index contributed by atoms with van der Waals surface area (Å²) in [7, 11) is 0. The van der Waals surface area contributed by atoms with Crippen LogP contribution in [0.5, 0.6) is 0 Å². The van der Waals surface area contributed by atoms with Gasteiger partial charge >= 0.3 is 11.0 Å². The van der Waals surface area contributed by atoms with Gasteiger partial charge in [-0.15, -0.1) is 0 Å². The highest BCUT2D eigenvalue weighted by Gasteiger charge is 2.16. The van der Waals surface area contributed by atoms with Crippen LogP contribution in [-0.4, -0.2) is 33.4 Å². The lowest BCUT2D eigenvalue weighted by atomic mass is 10.2. The first-order chi connectivity index (χ1) is 12.0. The van der Waals surface area contributed by atoms with Gasteiger partial charge in [-0.05, 0) is 23.5 Å². The molecule has 3 rings (SSSR count). The van der Waals surface area contributed by atoms with Crippen LogP contribution in [0, 0.1) is 10.1 Å². The lowest BCUT2D eigenvalue weighted by molar-refractivity contribution is -0.380. The van der Waals surface area contributed by atoms with Crippen molar-refractivity contribution in [3.8, 4) is 0 Å². The number of benzene rings is 1. The number of anilines is 1. The molecular weight excluding hydrogens is 348 g/mol. The van der Waals surface area contributed by atoms with Crippen molar-refractivity contribution in [1.29, 1.82) is 0 Å². The molecule has 1 amide bonds. The number of ether oxygens (including phenoxy) is 1. The number of nitrogens with zero attached hydrogens (tertiary/aromatic N) is 3. The highest BCUT2D eigenvalue weighted by atomic mass is 32.1. The Bertz CT molecular complexity index is 971.